The van der Waals surface area contributed by atoms with E-state index in [-0.39, 0.29) is 12.1 Å². The molecule has 2 N–H and O–H groups in total. The van der Waals surface area contributed by atoms with E-state index in [0.717, 1.165) is 0 Å². The Labute approximate surface area is 62.9 Å². The Hall–Kier alpha value is -0.340. The maximum atomic E-state index is 9.13. The third-order valence-electron chi connectivity index (χ3n) is 1.30. The Kier molecular flexibility index (Phi) is 4.32. The van der Waals surface area contributed by atoms with Crippen LogP contribution in [0.3, 0.4) is 0 Å². The van der Waals surface area contributed by atoms with E-state index in [9.17, 15) is 0 Å². The smallest absolute Gasteiger partial charge is 0.0700 e. The molecule has 10 heavy (non-hydrogen) atoms. The van der Waals surface area contributed by atoms with Gasteiger partial charge in [-0.3, -0.25) is 0 Å². The Bertz CT molecular complexity index is 99.4. The third-order valence-corrected chi connectivity index (χ3v) is 1.30. The van der Waals surface area contributed by atoms with Gasteiger partial charge >= 0.3 is 0 Å². The highest BCUT2D eigenvalue weighted by molar-refractivity contribution is 4.90. The van der Waals surface area contributed by atoms with Gasteiger partial charge in [0.05, 0.1) is 12.1 Å². The zero-order chi connectivity index (χ0) is 8.15. The van der Waals surface area contributed by atoms with Crippen LogP contribution in [0.2, 0.25) is 0 Å². The molecule has 0 aromatic heterocycles. The van der Waals surface area contributed by atoms with Gasteiger partial charge in [0.1, 0.15) is 0 Å². The SMILES string of the molecule is C=CC(NC(C)C)[C@@H](C)O. The standard InChI is InChI=1S/C8H17NO/c1-5-8(7(4)10)9-6(2)3/h5-10H,1H2,2-4H3/t7-,8?/m1/s1. The molecule has 0 radical (unpaired) electrons. The lowest BCUT2D eigenvalue weighted by atomic mass is 10.1. The first-order valence-corrected chi connectivity index (χ1v) is 3.64. The van der Waals surface area contributed by atoms with Crippen molar-refractivity contribution < 1.29 is 5.11 Å². The first-order chi connectivity index (χ1) is 4.57. The molecular weight excluding hydrogens is 126 g/mol. The van der Waals surface area contributed by atoms with Crippen LogP contribution in [-0.2, 0) is 0 Å². The van der Waals surface area contributed by atoms with Crippen LogP contribution in [0.5, 0.6) is 0 Å². The summed E-state index contributed by atoms with van der Waals surface area (Å²) in [5.74, 6) is 0. The summed E-state index contributed by atoms with van der Waals surface area (Å²) in [5.41, 5.74) is 0. The Morgan fingerprint density at radius 2 is 1.90 bits per heavy atom. The van der Waals surface area contributed by atoms with E-state index in [2.05, 4.69) is 11.9 Å². The van der Waals surface area contributed by atoms with Crippen LogP contribution in [0.1, 0.15) is 20.8 Å². The van der Waals surface area contributed by atoms with E-state index >= 15 is 0 Å². The van der Waals surface area contributed by atoms with Crippen LogP contribution in [0.15, 0.2) is 12.7 Å². The first-order valence-electron chi connectivity index (χ1n) is 3.64. The number of aliphatic hydroxyl groups is 1. The fourth-order valence-electron chi connectivity index (χ4n) is 0.789. The second-order valence-electron chi connectivity index (χ2n) is 2.82. The molecule has 0 rings (SSSR count). The lowest BCUT2D eigenvalue weighted by molar-refractivity contribution is 0.160. The van der Waals surface area contributed by atoms with Crippen molar-refractivity contribution >= 4 is 0 Å². The average Bonchev–Trinajstić information content (AvgIpc) is 1.81. The Morgan fingerprint density at radius 3 is 2.00 bits per heavy atom. The minimum Gasteiger partial charge on any atom is -0.391 e. The van der Waals surface area contributed by atoms with Crippen LogP contribution in [-0.4, -0.2) is 23.3 Å². The molecule has 0 aliphatic rings. The Morgan fingerprint density at radius 1 is 1.40 bits per heavy atom. The second-order valence-corrected chi connectivity index (χ2v) is 2.82. The summed E-state index contributed by atoms with van der Waals surface area (Å²) in [4.78, 5) is 0. The van der Waals surface area contributed by atoms with Gasteiger partial charge < -0.3 is 10.4 Å². The van der Waals surface area contributed by atoms with E-state index in [4.69, 9.17) is 5.11 Å². The van der Waals surface area contributed by atoms with Gasteiger partial charge in [0.25, 0.3) is 0 Å². The van der Waals surface area contributed by atoms with Crippen LogP contribution in [0, 0.1) is 0 Å². The fourth-order valence-corrected chi connectivity index (χ4v) is 0.789. The van der Waals surface area contributed by atoms with Crippen LogP contribution < -0.4 is 5.32 Å². The molecule has 0 aromatic rings. The monoisotopic (exact) mass is 143 g/mol. The lowest BCUT2D eigenvalue weighted by Crippen LogP contribution is -2.40. The minimum atomic E-state index is -0.361. The molecule has 0 aliphatic heterocycles. The van der Waals surface area contributed by atoms with Crippen molar-refractivity contribution in [3.05, 3.63) is 12.7 Å². The van der Waals surface area contributed by atoms with Crippen LogP contribution >= 0.6 is 0 Å². The molecule has 2 atom stereocenters. The quantitative estimate of drug-likeness (QED) is 0.573. The molecule has 0 spiro atoms. The predicted octanol–water partition coefficient (Wildman–Crippen LogP) is 0.920. The Balaban J connectivity index is 3.71. The number of aliphatic hydroxyl groups excluding tert-OH is 1. The average molecular weight is 143 g/mol. The predicted molar refractivity (Wildman–Crippen MR) is 43.9 cm³/mol. The van der Waals surface area contributed by atoms with Crippen molar-refractivity contribution in [3.63, 3.8) is 0 Å². The van der Waals surface area contributed by atoms with Crippen molar-refractivity contribution in [1.29, 1.82) is 0 Å². The summed E-state index contributed by atoms with van der Waals surface area (Å²) in [6.45, 7) is 9.45. The molecule has 0 fully saturated rings. The molecule has 0 bridgehead atoms. The zero-order valence-electron chi connectivity index (χ0n) is 6.96. The van der Waals surface area contributed by atoms with Gasteiger partial charge in [-0.25, -0.2) is 0 Å². The van der Waals surface area contributed by atoms with E-state index in [1.165, 1.54) is 0 Å². The van der Waals surface area contributed by atoms with Gasteiger partial charge in [0.15, 0.2) is 0 Å². The van der Waals surface area contributed by atoms with Crippen molar-refractivity contribution in [3.8, 4) is 0 Å². The van der Waals surface area contributed by atoms with Gasteiger partial charge in [0, 0.05) is 6.04 Å². The molecule has 2 heteroatoms. The van der Waals surface area contributed by atoms with Crippen LogP contribution in [0.4, 0.5) is 0 Å². The molecule has 60 valence electrons. The number of nitrogens with one attached hydrogen (secondary N) is 1. The number of hydrogen-bond acceptors (Lipinski definition) is 2. The molecule has 0 amide bonds. The zero-order valence-corrected chi connectivity index (χ0v) is 6.96. The highest BCUT2D eigenvalue weighted by Gasteiger charge is 2.10. The van der Waals surface area contributed by atoms with E-state index in [1.807, 2.05) is 13.8 Å². The fraction of sp³-hybridized carbons (Fsp3) is 0.750. The van der Waals surface area contributed by atoms with Gasteiger partial charge in [-0.2, -0.15) is 0 Å². The van der Waals surface area contributed by atoms with Crippen LogP contribution in [0.25, 0.3) is 0 Å². The molecule has 2 nitrogen and oxygen atoms in total. The van der Waals surface area contributed by atoms with E-state index < -0.39 is 0 Å². The summed E-state index contributed by atoms with van der Waals surface area (Å²) in [6, 6.07) is 0.401. The summed E-state index contributed by atoms with van der Waals surface area (Å²) in [6.07, 6.45) is 1.37. The molecular formula is C8H17NO. The molecule has 0 aliphatic carbocycles. The lowest BCUT2D eigenvalue weighted by Gasteiger charge is -2.19. The molecule has 1 unspecified atom stereocenters. The third kappa shape index (κ3) is 3.64. The summed E-state index contributed by atoms with van der Waals surface area (Å²) in [7, 11) is 0. The largest absolute Gasteiger partial charge is 0.391 e. The minimum absolute atomic E-state index is 0.0139. The summed E-state index contributed by atoms with van der Waals surface area (Å²) < 4.78 is 0. The summed E-state index contributed by atoms with van der Waals surface area (Å²) >= 11 is 0. The summed E-state index contributed by atoms with van der Waals surface area (Å²) in [5, 5.41) is 12.3. The number of hydrogen-bond donors (Lipinski definition) is 2. The molecule has 0 saturated heterocycles. The van der Waals surface area contributed by atoms with Crippen molar-refractivity contribution in [2.45, 2.75) is 39.0 Å². The maximum absolute atomic E-state index is 9.13. The molecule has 0 saturated carbocycles. The van der Waals surface area contributed by atoms with E-state index in [1.54, 1.807) is 13.0 Å². The van der Waals surface area contributed by atoms with Gasteiger partial charge in [-0.1, -0.05) is 19.9 Å². The second kappa shape index (κ2) is 4.47. The number of rotatable bonds is 4. The van der Waals surface area contributed by atoms with Gasteiger partial charge in [-0.05, 0) is 6.92 Å². The van der Waals surface area contributed by atoms with Crippen molar-refractivity contribution in [2.75, 3.05) is 0 Å². The van der Waals surface area contributed by atoms with Crippen molar-refractivity contribution in [1.82, 2.24) is 5.32 Å². The molecule has 0 heterocycles. The maximum Gasteiger partial charge on any atom is 0.0700 e. The normalized spacial score (nSPS) is 16.9. The molecule has 0 aromatic carbocycles. The first kappa shape index (κ1) is 9.66. The highest BCUT2D eigenvalue weighted by Crippen LogP contribution is 1.94. The van der Waals surface area contributed by atoms with Gasteiger partial charge in [0.2, 0.25) is 0 Å². The van der Waals surface area contributed by atoms with Gasteiger partial charge in [-0.15, -0.1) is 6.58 Å². The topological polar surface area (TPSA) is 32.3 Å². The van der Waals surface area contributed by atoms with E-state index in [0.29, 0.717) is 6.04 Å². The highest BCUT2D eigenvalue weighted by atomic mass is 16.3. The van der Waals surface area contributed by atoms with Crippen molar-refractivity contribution in [2.24, 2.45) is 0 Å².